The van der Waals surface area contributed by atoms with Gasteiger partial charge in [-0.3, -0.25) is 0 Å². The lowest BCUT2D eigenvalue weighted by molar-refractivity contribution is 0.669. The number of benzene rings is 10. The van der Waals surface area contributed by atoms with Crippen LogP contribution in [-0.2, 0) is 0 Å². The number of anilines is 3. The average Bonchev–Trinajstić information content (AvgIpc) is 3.67. The van der Waals surface area contributed by atoms with Gasteiger partial charge in [-0.25, -0.2) is 0 Å². The highest BCUT2D eigenvalue weighted by Crippen LogP contribution is 2.43. The van der Waals surface area contributed by atoms with Gasteiger partial charge in [-0.1, -0.05) is 170 Å². The molecule has 1 heterocycles. The second kappa shape index (κ2) is 14.1. The van der Waals surface area contributed by atoms with Crippen molar-refractivity contribution in [1.82, 2.24) is 0 Å². The second-order valence-corrected chi connectivity index (χ2v) is 14.9. The Morgan fingerprint density at radius 3 is 1.57 bits per heavy atom. The topological polar surface area (TPSA) is 16.4 Å². The Bertz CT molecular complexity index is 3260. The van der Waals surface area contributed by atoms with Crippen LogP contribution < -0.4 is 4.90 Å². The van der Waals surface area contributed by atoms with Crippen LogP contribution in [0.5, 0.6) is 0 Å². The molecule has 0 radical (unpaired) electrons. The van der Waals surface area contributed by atoms with Crippen molar-refractivity contribution >= 4 is 60.5 Å². The fourth-order valence-electron chi connectivity index (χ4n) is 8.53. The van der Waals surface area contributed by atoms with Gasteiger partial charge < -0.3 is 9.32 Å². The highest BCUT2D eigenvalue weighted by atomic mass is 16.3. The van der Waals surface area contributed by atoms with Gasteiger partial charge in [-0.15, -0.1) is 0 Å². The summed E-state index contributed by atoms with van der Waals surface area (Å²) in [5, 5.41) is 7.26. The molecule has 58 heavy (non-hydrogen) atoms. The fourth-order valence-corrected chi connectivity index (χ4v) is 8.53. The molecule has 0 fully saturated rings. The lowest BCUT2D eigenvalue weighted by Gasteiger charge is -2.28. The molecule has 1 aromatic heterocycles. The Labute approximate surface area is 337 Å². The van der Waals surface area contributed by atoms with Crippen LogP contribution in [0.3, 0.4) is 0 Å². The monoisotopic (exact) mass is 739 g/mol. The summed E-state index contributed by atoms with van der Waals surface area (Å²) in [7, 11) is 0. The smallest absolute Gasteiger partial charge is 0.136 e. The maximum Gasteiger partial charge on any atom is 0.136 e. The number of fused-ring (bicyclic) bond motifs is 5. The van der Waals surface area contributed by atoms with Crippen LogP contribution in [0.25, 0.3) is 88.0 Å². The van der Waals surface area contributed by atoms with E-state index >= 15 is 0 Å². The van der Waals surface area contributed by atoms with Crippen molar-refractivity contribution in [1.29, 1.82) is 0 Å². The highest BCUT2D eigenvalue weighted by Gasteiger charge is 2.19. The zero-order valence-corrected chi connectivity index (χ0v) is 31.7. The predicted molar refractivity (Wildman–Crippen MR) is 245 cm³/mol. The van der Waals surface area contributed by atoms with Gasteiger partial charge >= 0.3 is 0 Å². The summed E-state index contributed by atoms with van der Waals surface area (Å²) in [6.07, 6.45) is 0. The minimum Gasteiger partial charge on any atom is -0.456 e. The number of rotatable bonds is 7. The van der Waals surface area contributed by atoms with E-state index in [1.54, 1.807) is 0 Å². The molecule has 0 aliphatic carbocycles. The normalized spacial score (nSPS) is 11.4. The number of furan rings is 1. The minimum absolute atomic E-state index is 0.885. The van der Waals surface area contributed by atoms with E-state index in [-0.39, 0.29) is 0 Å². The molecule has 2 heteroatoms. The fraction of sp³-hybridized carbons (Fsp3) is 0. The quantitative estimate of drug-likeness (QED) is 0.162. The first-order valence-electron chi connectivity index (χ1n) is 19.8. The van der Waals surface area contributed by atoms with Crippen molar-refractivity contribution in [2.24, 2.45) is 0 Å². The van der Waals surface area contributed by atoms with Crippen molar-refractivity contribution in [3.63, 3.8) is 0 Å². The van der Waals surface area contributed by atoms with Gasteiger partial charge in [0, 0.05) is 27.7 Å². The van der Waals surface area contributed by atoms with Gasteiger partial charge in [0.15, 0.2) is 0 Å². The van der Waals surface area contributed by atoms with Gasteiger partial charge in [0.25, 0.3) is 0 Å². The molecule has 0 aliphatic rings. The van der Waals surface area contributed by atoms with E-state index in [4.69, 9.17) is 4.42 Å². The maximum atomic E-state index is 6.36. The van der Waals surface area contributed by atoms with Gasteiger partial charge in [-0.2, -0.15) is 0 Å². The first-order chi connectivity index (χ1) is 28.7. The first kappa shape index (κ1) is 33.6. The van der Waals surface area contributed by atoms with Crippen LogP contribution in [0.4, 0.5) is 17.1 Å². The molecule has 0 amide bonds. The van der Waals surface area contributed by atoms with E-state index in [0.29, 0.717) is 0 Å². The SMILES string of the molecule is c1ccc(N(c2ccc(-c3ccc(-c4ccc5ccccc5c4)cc3)cc2)c2ccc(-c3cccc4ccccc34)cc2)c(-c2ccc3c(c2)oc2ccccc23)c1. The van der Waals surface area contributed by atoms with Crippen LogP contribution in [0, 0.1) is 0 Å². The molecule has 272 valence electrons. The van der Waals surface area contributed by atoms with Gasteiger partial charge in [0.05, 0.1) is 5.69 Å². The standard InChI is InChI=1S/C56H37NO/c1-2-12-44-36-45(25-24-38(44)10-1)41-22-20-39(21-23-41)40-26-31-47(32-27-40)57(48-33-28-43(29-34-48)50-17-9-13-42-11-3-4-14-49(42)50)54-18-7-5-15-51(54)46-30-35-53-52-16-6-8-19-55(52)58-56(53)37-46/h1-37H. The van der Waals surface area contributed by atoms with E-state index in [1.165, 1.54) is 54.9 Å². The molecule has 0 bridgehead atoms. The third-order valence-electron chi connectivity index (χ3n) is 11.5. The zero-order valence-electron chi connectivity index (χ0n) is 31.7. The molecule has 2 nitrogen and oxygen atoms in total. The molecule has 10 aromatic carbocycles. The Morgan fingerprint density at radius 1 is 0.276 bits per heavy atom. The summed E-state index contributed by atoms with van der Waals surface area (Å²) < 4.78 is 6.36. The zero-order chi connectivity index (χ0) is 38.4. The van der Waals surface area contributed by atoms with Crippen molar-refractivity contribution in [2.45, 2.75) is 0 Å². The Morgan fingerprint density at radius 2 is 0.793 bits per heavy atom. The summed E-state index contributed by atoms with van der Waals surface area (Å²) >= 11 is 0. The Balaban J connectivity index is 0.987. The molecule has 11 rings (SSSR count). The Hall–Kier alpha value is -7.68. The average molecular weight is 740 g/mol. The van der Waals surface area contributed by atoms with E-state index < -0.39 is 0 Å². The van der Waals surface area contributed by atoms with E-state index in [9.17, 15) is 0 Å². The molecule has 0 saturated heterocycles. The summed E-state index contributed by atoms with van der Waals surface area (Å²) in [6, 6.07) is 80.7. The van der Waals surface area contributed by atoms with E-state index in [0.717, 1.165) is 50.1 Å². The summed E-state index contributed by atoms with van der Waals surface area (Å²) in [6.45, 7) is 0. The van der Waals surface area contributed by atoms with Crippen LogP contribution in [0.15, 0.2) is 229 Å². The summed E-state index contributed by atoms with van der Waals surface area (Å²) in [5.74, 6) is 0. The van der Waals surface area contributed by atoms with Gasteiger partial charge in [0.1, 0.15) is 11.2 Å². The van der Waals surface area contributed by atoms with Crippen LogP contribution >= 0.6 is 0 Å². The van der Waals surface area contributed by atoms with Crippen LogP contribution in [0.2, 0.25) is 0 Å². The Kier molecular flexibility index (Phi) is 8.19. The molecule has 0 atom stereocenters. The van der Waals surface area contributed by atoms with Crippen molar-refractivity contribution in [3.8, 4) is 44.5 Å². The van der Waals surface area contributed by atoms with Gasteiger partial charge in [0.2, 0.25) is 0 Å². The number of para-hydroxylation sites is 2. The molecule has 0 spiro atoms. The predicted octanol–water partition coefficient (Wildman–Crippen LogP) is 16.0. The molecule has 0 N–H and O–H groups in total. The molecule has 11 aromatic rings. The minimum atomic E-state index is 0.885. The lowest BCUT2D eigenvalue weighted by atomic mass is 9.97. The summed E-state index contributed by atoms with van der Waals surface area (Å²) in [4.78, 5) is 2.37. The first-order valence-corrected chi connectivity index (χ1v) is 19.8. The second-order valence-electron chi connectivity index (χ2n) is 14.9. The molecular weight excluding hydrogens is 703 g/mol. The number of hydrogen-bond acceptors (Lipinski definition) is 2. The molecule has 0 aliphatic heterocycles. The highest BCUT2D eigenvalue weighted by molar-refractivity contribution is 6.06. The third-order valence-corrected chi connectivity index (χ3v) is 11.5. The van der Waals surface area contributed by atoms with Crippen molar-refractivity contribution < 1.29 is 4.42 Å². The van der Waals surface area contributed by atoms with Crippen molar-refractivity contribution in [2.75, 3.05) is 4.90 Å². The van der Waals surface area contributed by atoms with Crippen LogP contribution in [0.1, 0.15) is 0 Å². The number of hydrogen-bond donors (Lipinski definition) is 0. The van der Waals surface area contributed by atoms with Crippen LogP contribution in [-0.4, -0.2) is 0 Å². The summed E-state index contributed by atoms with van der Waals surface area (Å²) in [5.41, 5.74) is 14.4. The van der Waals surface area contributed by atoms with Crippen molar-refractivity contribution in [3.05, 3.63) is 224 Å². The van der Waals surface area contributed by atoms with Gasteiger partial charge in [-0.05, 0) is 115 Å². The largest absolute Gasteiger partial charge is 0.456 e. The molecular formula is C56H37NO. The van der Waals surface area contributed by atoms with E-state index in [2.05, 4.69) is 217 Å². The maximum absolute atomic E-state index is 6.36. The lowest BCUT2D eigenvalue weighted by Crippen LogP contribution is -2.11. The van der Waals surface area contributed by atoms with E-state index in [1.807, 2.05) is 12.1 Å². The molecule has 0 unspecified atom stereocenters. The number of nitrogens with zero attached hydrogens (tertiary/aromatic N) is 1. The molecule has 0 saturated carbocycles. The third kappa shape index (κ3) is 6.00.